The second-order valence-electron chi connectivity index (χ2n) is 7.06. The first-order valence-corrected chi connectivity index (χ1v) is 10.2. The lowest BCUT2D eigenvalue weighted by Crippen LogP contribution is -2.51. The zero-order chi connectivity index (χ0) is 16.8. The molecule has 2 fully saturated rings. The lowest BCUT2D eigenvalue weighted by Gasteiger charge is -2.38. The number of nitrogens with one attached hydrogen (secondary N) is 1. The van der Waals surface area contributed by atoms with Gasteiger partial charge in [-0.3, -0.25) is 9.69 Å². The highest BCUT2D eigenvalue weighted by molar-refractivity contribution is 7.99. The molecule has 6 nitrogen and oxygen atoms in total. The molecule has 1 amide bonds. The van der Waals surface area contributed by atoms with E-state index in [1.165, 1.54) is 63.3 Å². The Morgan fingerprint density at radius 3 is 2.75 bits per heavy atom. The third-order valence-electron chi connectivity index (χ3n) is 5.16. The van der Waals surface area contributed by atoms with Gasteiger partial charge in [0.15, 0.2) is 5.16 Å². The SMILES string of the molecule is Cn1cnnc1SCC(=O)N[C@H]1CCCN(C2CCCCCC2)C1. The molecule has 1 atom stereocenters. The average Bonchev–Trinajstić information content (AvgIpc) is 2.83. The number of aromatic nitrogens is 3. The van der Waals surface area contributed by atoms with Gasteiger partial charge in [-0.2, -0.15) is 0 Å². The van der Waals surface area contributed by atoms with Gasteiger partial charge in [0.05, 0.1) is 5.75 Å². The first-order chi connectivity index (χ1) is 11.7. The van der Waals surface area contributed by atoms with Gasteiger partial charge in [-0.25, -0.2) is 0 Å². The Morgan fingerprint density at radius 1 is 1.25 bits per heavy atom. The standard InChI is InChI=1S/C17H29N5OS/c1-21-13-18-20-17(21)24-12-16(23)19-14-7-6-10-22(11-14)15-8-4-2-3-5-9-15/h13-15H,2-12H2,1H3,(H,19,23)/t14-/m0/s1. The number of rotatable bonds is 5. The Balaban J connectivity index is 1.44. The van der Waals surface area contributed by atoms with Crippen LogP contribution in [0.1, 0.15) is 51.4 Å². The molecule has 1 aromatic heterocycles. The van der Waals surface area contributed by atoms with Crippen LogP contribution < -0.4 is 5.32 Å². The van der Waals surface area contributed by atoms with E-state index < -0.39 is 0 Å². The topological polar surface area (TPSA) is 63.1 Å². The normalized spacial score (nSPS) is 23.8. The Bertz CT molecular complexity index is 527. The zero-order valence-electron chi connectivity index (χ0n) is 14.6. The van der Waals surface area contributed by atoms with Crippen LogP contribution in [0.4, 0.5) is 0 Å². The van der Waals surface area contributed by atoms with Crippen LogP contribution in [0, 0.1) is 0 Å². The molecule has 0 unspecified atom stereocenters. The number of nitrogens with zero attached hydrogens (tertiary/aromatic N) is 4. The van der Waals surface area contributed by atoms with Crippen LogP contribution in [0.3, 0.4) is 0 Å². The number of hydrogen-bond donors (Lipinski definition) is 1. The smallest absolute Gasteiger partial charge is 0.230 e. The van der Waals surface area contributed by atoms with Crippen molar-refractivity contribution in [3.05, 3.63) is 6.33 Å². The fourth-order valence-corrected chi connectivity index (χ4v) is 4.58. The summed E-state index contributed by atoms with van der Waals surface area (Å²) in [6.07, 6.45) is 12.1. The molecule has 2 aliphatic rings. The summed E-state index contributed by atoms with van der Waals surface area (Å²) in [4.78, 5) is 14.9. The van der Waals surface area contributed by atoms with Crippen molar-refractivity contribution in [3.8, 4) is 0 Å². The summed E-state index contributed by atoms with van der Waals surface area (Å²) in [5.41, 5.74) is 0. The lowest BCUT2D eigenvalue weighted by atomic mass is 10.00. The van der Waals surface area contributed by atoms with Crippen molar-refractivity contribution in [3.63, 3.8) is 0 Å². The maximum atomic E-state index is 12.2. The number of aryl methyl sites for hydroxylation is 1. The summed E-state index contributed by atoms with van der Waals surface area (Å²) in [6.45, 7) is 2.22. The van der Waals surface area contributed by atoms with Crippen molar-refractivity contribution in [1.29, 1.82) is 0 Å². The van der Waals surface area contributed by atoms with E-state index in [2.05, 4.69) is 20.4 Å². The molecule has 3 rings (SSSR count). The number of likely N-dealkylation sites (tertiary alicyclic amines) is 1. The van der Waals surface area contributed by atoms with Gasteiger partial charge in [0.1, 0.15) is 6.33 Å². The zero-order valence-corrected chi connectivity index (χ0v) is 15.4. The molecule has 0 bridgehead atoms. The Hall–Kier alpha value is -1.08. The summed E-state index contributed by atoms with van der Waals surface area (Å²) in [5, 5.41) is 11.9. The summed E-state index contributed by atoms with van der Waals surface area (Å²) >= 11 is 1.45. The molecule has 1 saturated heterocycles. The minimum absolute atomic E-state index is 0.107. The number of amides is 1. The van der Waals surface area contributed by atoms with Crippen LogP contribution in [0.15, 0.2) is 11.5 Å². The minimum Gasteiger partial charge on any atom is -0.351 e. The maximum Gasteiger partial charge on any atom is 0.230 e. The van der Waals surface area contributed by atoms with Crippen molar-refractivity contribution < 1.29 is 4.79 Å². The van der Waals surface area contributed by atoms with E-state index in [0.29, 0.717) is 11.8 Å². The summed E-state index contributed by atoms with van der Waals surface area (Å²) < 4.78 is 1.84. The molecule has 1 aliphatic carbocycles. The van der Waals surface area contributed by atoms with Gasteiger partial charge < -0.3 is 9.88 Å². The van der Waals surface area contributed by atoms with Gasteiger partial charge in [-0.15, -0.1) is 10.2 Å². The predicted octanol–water partition coefficient (Wildman–Crippen LogP) is 2.21. The number of carbonyl (C=O) groups excluding carboxylic acids is 1. The van der Waals surface area contributed by atoms with E-state index in [9.17, 15) is 4.79 Å². The fourth-order valence-electron chi connectivity index (χ4n) is 3.88. The molecule has 134 valence electrons. The molecule has 7 heteroatoms. The van der Waals surface area contributed by atoms with Crippen molar-refractivity contribution in [2.24, 2.45) is 7.05 Å². The fraction of sp³-hybridized carbons (Fsp3) is 0.824. The highest BCUT2D eigenvalue weighted by Gasteiger charge is 2.27. The molecular weight excluding hydrogens is 322 g/mol. The third-order valence-corrected chi connectivity index (χ3v) is 6.20. The Labute approximate surface area is 148 Å². The summed E-state index contributed by atoms with van der Waals surface area (Å²) in [7, 11) is 1.89. The van der Waals surface area contributed by atoms with Crippen LogP contribution in [0.2, 0.25) is 0 Å². The number of hydrogen-bond acceptors (Lipinski definition) is 5. The molecule has 1 aromatic rings. The molecule has 24 heavy (non-hydrogen) atoms. The van der Waals surface area contributed by atoms with E-state index in [4.69, 9.17) is 0 Å². The van der Waals surface area contributed by atoms with E-state index in [1.54, 1.807) is 6.33 Å². The molecule has 0 aromatic carbocycles. The highest BCUT2D eigenvalue weighted by Crippen LogP contribution is 2.24. The largest absolute Gasteiger partial charge is 0.351 e. The molecular formula is C17H29N5OS. The van der Waals surface area contributed by atoms with Crippen molar-refractivity contribution in [1.82, 2.24) is 25.0 Å². The van der Waals surface area contributed by atoms with Gasteiger partial charge in [0, 0.05) is 25.7 Å². The monoisotopic (exact) mass is 351 g/mol. The molecule has 2 heterocycles. The van der Waals surface area contributed by atoms with Crippen molar-refractivity contribution >= 4 is 17.7 Å². The highest BCUT2D eigenvalue weighted by atomic mass is 32.2. The van der Waals surface area contributed by atoms with Gasteiger partial charge in [-0.05, 0) is 32.2 Å². The predicted molar refractivity (Wildman–Crippen MR) is 96.0 cm³/mol. The van der Waals surface area contributed by atoms with Crippen LogP contribution in [-0.2, 0) is 11.8 Å². The molecule has 0 spiro atoms. The van der Waals surface area contributed by atoms with E-state index in [-0.39, 0.29) is 5.91 Å². The molecule has 0 radical (unpaired) electrons. The van der Waals surface area contributed by atoms with Crippen LogP contribution >= 0.6 is 11.8 Å². The van der Waals surface area contributed by atoms with Gasteiger partial charge >= 0.3 is 0 Å². The Morgan fingerprint density at radius 2 is 2.04 bits per heavy atom. The van der Waals surface area contributed by atoms with Gasteiger partial charge in [0.25, 0.3) is 0 Å². The number of thioether (sulfide) groups is 1. The first-order valence-electron chi connectivity index (χ1n) is 9.22. The van der Waals surface area contributed by atoms with Crippen LogP contribution in [0.5, 0.6) is 0 Å². The lowest BCUT2D eigenvalue weighted by molar-refractivity contribution is -0.119. The number of carbonyl (C=O) groups is 1. The molecule has 1 N–H and O–H groups in total. The quantitative estimate of drug-likeness (QED) is 0.651. The van der Waals surface area contributed by atoms with Crippen molar-refractivity contribution in [2.45, 2.75) is 68.6 Å². The van der Waals surface area contributed by atoms with E-state index in [1.807, 2.05) is 11.6 Å². The second kappa shape index (κ2) is 8.85. The van der Waals surface area contributed by atoms with E-state index in [0.717, 1.165) is 24.2 Å². The molecule has 1 aliphatic heterocycles. The van der Waals surface area contributed by atoms with Gasteiger partial charge in [-0.1, -0.05) is 37.4 Å². The first kappa shape index (κ1) is 17.7. The number of piperidine rings is 1. The van der Waals surface area contributed by atoms with Gasteiger partial charge in [0.2, 0.25) is 5.91 Å². The second-order valence-corrected chi connectivity index (χ2v) is 8.00. The molecule has 1 saturated carbocycles. The summed E-state index contributed by atoms with van der Waals surface area (Å²) in [5.74, 6) is 0.516. The van der Waals surface area contributed by atoms with Crippen LogP contribution in [-0.4, -0.2) is 56.5 Å². The minimum atomic E-state index is 0.107. The summed E-state index contributed by atoms with van der Waals surface area (Å²) in [6, 6.07) is 1.04. The average molecular weight is 352 g/mol. The maximum absolute atomic E-state index is 12.2. The Kier molecular flexibility index (Phi) is 6.54. The van der Waals surface area contributed by atoms with Crippen LogP contribution in [0.25, 0.3) is 0 Å². The van der Waals surface area contributed by atoms with Crippen molar-refractivity contribution in [2.75, 3.05) is 18.8 Å². The third kappa shape index (κ3) is 4.96. The van der Waals surface area contributed by atoms with E-state index >= 15 is 0 Å².